The fourth-order valence-electron chi connectivity index (χ4n) is 1.72. The quantitative estimate of drug-likeness (QED) is 0.813. The smallest absolute Gasteiger partial charge is 0.261 e. The zero-order valence-corrected chi connectivity index (χ0v) is 12.1. The number of halogens is 1. The van der Waals surface area contributed by atoms with Crippen LogP contribution in [0.5, 0.6) is 11.5 Å². The second-order valence-electron chi connectivity index (χ2n) is 4.11. The summed E-state index contributed by atoms with van der Waals surface area (Å²) in [5.41, 5.74) is 0.980. The first-order valence-electron chi connectivity index (χ1n) is 5.63. The Bertz CT molecular complexity index is 794. The van der Waals surface area contributed by atoms with Gasteiger partial charge in [-0.3, -0.25) is 0 Å². The highest BCUT2D eigenvalue weighted by Gasteiger charge is 2.13. The standard InChI is InChI=1S/C14H10ClNO3S/c1-10-7-13(5-6-14(10)20(15,17)18)19-12-4-2-3-11(8-12)9-16/h2-8H,1H3. The summed E-state index contributed by atoms with van der Waals surface area (Å²) in [5.74, 6) is 0.978. The van der Waals surface area contributed by atoms with Gasteiger partial charge < -0.3 is 4.74 Å². The van der Waals surface area contributed by atoms with Crippen LogP contribution in [0.2, 0.25) is 0 Å². The lowest BCUT2D eigenvalue weighted by molar-refractivity contribution is 0.481. The molecule has 0 saturated heterocycles. The molecule has 0 spiro atoms. The highest BCUT2D eigenvalue weighted by atomic mass is 35.7. The van der Waals surface area contributed by atoms with Crippen molar-refractivity contribution in [2.75, 3.05) is 0 Å². The van der Waals surface area contributed by atoms with E-state index >= 15 is 0 Å². The molecule has 102 valence electrons. The first-order chi connectivity index (χ1) is 9.40. The molecule has 2 aromatic carbocycles. The monoisotopic (exact) mass is 307 g/mol. The molecule has 0 bridgehead atoms. The van der Waals surface area contributed by atoms with Crippen LogP contribution in [0, 0.1) is 18.3 Å². The molecular weight excluding hydrogens is 298 g/mol. The number of ether oxygens (including phenoxy) is 1. The predicted octanol–water partition coefficient (Wildman–Crippen LogP) is 3.59. The fraction of sp³-hybridized carbons (Fsp3) is 0.0714. The van der Waals surface area contributed by atoms with Crippen molar-refractivity contribution in [1.82, 2.24) is 0 Å². The predicted molar refractivity (Wildman–Crippen MR) is 75.4 cm³/mol. The molecule has 0 aliphatic rings. The average Bonchev–Trinajstić information content (AvgIpc) is 2.37. The maximum atomic E-state index is 11.3. The molecule has 6 heteroatoms. The highest BCUT2D eigenvalue weighted by Crippen LogP contribution is 2.27. The van der Waals surface area contributed by atoms with Gasteiger partial charge in [-0.1, -0.05) is 6.07 Å². The molecular formula is C14H10ClNO3S. The number of benzene rings is 2. The van der Waals surface area contributed by atoms with E-state index in [9.17, 15) is 8.42 Å². The van der Waals surface area contributed by atoms with Crippen LogP contribution in [0.1, 0.15) is 11.1 Å². The topological polar surface area (TPSA) is 67.2 Å². The van der Waals surface area contributed by atoms with Crippen molar-refractivity contribution in [3.63, 3.8) is 0 Å². The Morgan fingerprint density at radius 2 is 1.85 bits per heavy atom. The van der Waals surface area contributed by atoms with E-state index in [1.165, 1.54) is 12.1 Å². The van der Waals surface area contributed by atoms with Gasteiger partial charge in [-0.25, -0.2) is 8.42 Å². The lowest BCUT2D eigenvalue weighted by Gasteiger charge is -2.08. The summed E-state index contributed by atoms with van der Waals surface area (Å²) in [7, 11) is 1.55. The minimum absolute atomic E-state index is 0.0530. The van der Waals surface area contributed by atoms with Crippen molar-refractivity contribution < 1.29 is 13.2 Å². The van der Waals surface area contributed by atoms with Gasteiger partial charge >= 0.3 is 0 Å². The van der Waals surface area contributed by atoms with Crippen LogP contribution in [0.15, 0.2) is 47.4 Å². The first kappa shape index (κ1) is 14.4. The fourth-order valence-corrected chi connectivity index (χ4v) is 2.92. The number of hydrogen-bond acceptors (Lipinski definition) is 4. The summed E-state index contributed by atoms with van der Waals surface area (Å²) >= 11 is 0. The Morgan fingerprint density at radius 3 is 2.45 bits per heavy atom. The second-order valence-corrected chi connectivity index (χ2v) is 6.64. The van der Waals surface area contributed by atoms with Gasteiger partial charge in [0.05, 0.1) is 16.5 Å². The molecule has 0 fully saturated rings. The van der Waals surface area contributed by atoms with E-state index in [0.717, 1.165) is 0 Å². The minimum atomic E-state index is -3.76. The van der Waals surface area contributed by atoms with Gasteiger partial charge in [-0.2, -0.15) is 5.26 Å². The molecule has 0 amide bonds. The summed E-state index contributed by atoms with van der Waals surface area (Å²) in [6, 6.07) is 13.2. The van der Waals surface area contributed by atoms with E-state index in [1.807, 2.05) is 6.07 Å². The first-order valence-corrected chi connectivity index (χ1v) is 7.94. The summed E-state index contributed by atoms with van der Waals surface area (Å²) < 4.78 is 28.2. The third-order valence-corrected chi connectivity index (χ3v) is 4.09. The third-order valence-electron chi connectivity index (χ3n) is 2.61. The number of aryl methyl sites for hydroxylation is 1. The molecule has 0 aromatic heterocycles. The summed E-state index contributed by atoms with van der Waals surface area (Å²) in [6.45, 7) is 1.63. The molecule has 0 aliphatic carbocycles. The maximum absolute atomic E-state index is 11.3. The normalized spacial score (nSPS) is 10.8. The van der Waals surface area contributed by atoms with Gasteiger partial charge in [0.25, 0.3) is 9.05 Å². The summed E-state index contributed by atoms with van der Waals surface area (Å²) in [6.07, 6.45) is 0. The molecule has 0 saturated carbocycles. The van der Waals surface area contributed by atoms with Gasteiger partial charge in [0.2, 0.25) is 0 Å². The van der Waals surface area contributed by atoms with Gasteiger partial charge in [0.1, 0.15) is 11.5 Å². The molecule has 20 heavy (non-hydrogen) atoms. The number of rotatable bonds is 3. The van der Waals surface area contributed by atoms with Crippen molar-refractivity contribution in [2.24, 2.45) is 0 Å². The number of hydrogen-bond donors (Lipinski definition) is 0. The number of nitriles is 1. The molecule has 2 rings (SSSR count). The molecule has 0 aliphatic heterocycles. The molecule has 2 aromatic rings. The Labute approximate surface area is 121 Å². The van der Waals surface area contributed by atoms with E-state index in [4.69, 9.17) is 20.7 Å². The van der Waals surface area contributed by atoms with E-state index < -0.39 is 9.05 Å². The molecule has 0 radical (unpaired) electrons. The van der Waals surface area contributed by atoms with Gasteiger partial charge in [-0.05, 0) is 48.9 Å². The zero-order chi connectivity index (χ0) is 14.8. The lowest BCUT2D eigenvalue weighted by Crippen LogP contribution is -1.95. The highest BCUT2D eigenvalue weighted by molar-refractivity contribution is 8.13. The third kappa shape index (κ3) is 3.29. The Hall–Kier alpha value is -2.03. The van der Waals surface area contributed by atoms with E-state index in [2.05, 4.69) is 0 Å². The molecule has 0 atom stereocenters. The SMILES string of the molecule is Cc1cc(Oc2cccc(C#N)c2)ccc1S(=O)(=O)Cl. The molecule has 4 nitrogen and oxygen atoms in total. The second kappa shape index (κ2) is 5.53. The van der Waals surface area contributed by atoms with Crippen LogP contribution >= 0.6 is 10.7 Å². The van der Waals surface area contributed by atoms with Crippen molar-refractivity contribution >= 4 is 19.7 Å². The maximum Gasteiger partial charge on any atom is 0.261 e. The van der Waals surface area contributed by atoms with Gasteiger partial charge in [0.15, 0.2) is 0 Å². The van der Waals surface area contributed by atoms with Crippen LogP contribution < -0.4 is 4.74 Å². The summed E-state index contributed by atoms with van der Waals surface area (Å²) in [4.78, 5) is 0.0530. The van der Waals surface area contributed by atoms with Crippen LogP contribution in [0.3, 0.4) is 0 Å². The molecule has 0 N–H and O–H groups in total. The van der Waals surface area contributed by atoms with Crippen LogP contribution in [-0.2, 0) is 9.05 Å². The Morgan fingerprint density at radius 1 is 1.15 bits per heavy atom. The zero-order valence-electron chi connectivity index (χ0n) is 10.5. The number of nitrogens with zero attached hydrogens (tertiary/aromatic N) is 1. The minimum Gasteiger partial charge on any atom is -0.457 e. The van der Waals surface area contributed by atoms with Crippen molar-refractivity contribution in [1.29, 1.82) is 5.26 Å². The van der Waals surface area contributed by atoms with E-state index in [1.54, 1.807) is 37.3 Å². The largest absolute Gasteiger partial charge is 0.457 e. The van der Waals surface area contributed by atoms with Gasteiger partial charge in [-0.15, -0.1) is 0 Å². The van der Waals surface area contributed by atoms with E-state index in [-0.39, 0.29) is 4.90 Å². The summed E-state index contributed by atoms with van der Waals surface area (Å²) in [5, 5.41) is 8.81. The average molecular weight is 308 g/mol. The van der Waals surface area contributed by atoms with Crippen LogP contribution in [0.4, 0.5) is 0 Å². The molecule has 0 heterocycles. The van der Waals surface area contributed by atoms with Crippen molar-refractivity contribution in [3.8, 4) is 17.6 Å². The van der Waals surface area contributed by atoms with Crippen LogP contribution in [0.25, 0.3) is 0 Å². The van der Waals surface area contributed by atoms with Gasteiger partial charge in [0, 0.05) is 10.7 Å². The van der Waals surface area contributed by atoms with Crippen LogP contribution in [-0.4, -0.2) is 8.42 Å². The van der Waals surface area contributed by atoms with E-state index in [0.29, 0.717) is 22.6 Å². The molecule has 0 unspecified atom stereocenters. The van der Waals surface area contributed by atoms with Crippen molar-refractivity contribution in [3.05, 3.63) is 53.6 Å². The Kier molecular flexibility index (Phi) is 3.98. The Balaban J connectivity index is 2.32. The van der Waals surface area contributed by atoms with Crippen molar-refractivity contribution in [2.45, 2.75) is 11.8 Å². The lowest BCUT2D eigenvalue weighted by atomic mass is 10.2.